The molecule has 3 rings (SSSR count). The molecule has 152 valence electrons. The third-order valence-corrected chi connectivity index (χ3v) is 4.44. The molecule has 0 aliphatic carbocycles. The Hall–Kier alpha value is -3.21. The molecule has 0 unspecified atom stereocenters. The van der Waals surface area contributed by atoms with Crippen molar-refractivity contribution in [3.05, 3.63) is 60.2 Å². The Balaban J connectivity index is 1.89. The summed E-state index contributed by atoms with van der Waals surface area (Å²) in [4.78, 5) is 12.0. The predicted molar refractivity (Wildman–Crippen MR) is 100 cm³/mol. The number of nitrogens with one attached hydrogen (secondary N) is 1. The molecule has 0 aliphatic heterocycles. The van der Waals surface area contributed by atoms with Crippen molar-refractivity contribution in [1.29, 1.82) is 0 Å². The van der Waals surface area contributed by atoms with Crippen molar-refractivity contribution in [1.82, 2.24) is 15.0 Å². The van der Waals surface area contributed by atoms with Gasteiger partial charge in [-0.15, -0.1) is 0 Å². The van der Waals surface area contributed by atoms with Gasteiger partial charge in [0.1, 0.15) is 17.9 Å². The minimum absolute atomic E-state index is 0.00885. The van der Waals surface area contributed by atoms with Crippen LogP contribution in [0.5, 0.6) is 5.75 Å². The molecule has 29 heavy (non-hydrogen) atoms. The fourth-order valence-electron chi connectivity index (χ4n) is 2.53. The van der Waals surface area contributed by atoms with Crippen LogP contribution in [0, 0.1) is 5.82 Å². The number of ether oxygens (including phenoxy) is 1. The van der Waals surface area contributed by atoms with Gasteiger partial charge in [0.2, 0.25) is 5.95 Å². The molecule has 1 aromatic heterocycles. The molecule has 0 spiro atoms. The van der Waals surface area contributed by atoms with Crippen molar-refractivity contribution in [2.24, 2.45) is 0 Å². The van der Waals surface area contributed by atoms with E-state index in [0.29, 0.717) is 11.3 Å². The van der Waals surface area contributed by atoms with Crippen LogP contribution in [-0.2, 0) is 15.6 Å². The summed E-state index contributed by atoms with van der Waals surface area (Å²) in [6.07, 6.45) is 2.29. The number of anilines is 2. The van der Waals surface area contributed by atoms with E-state index in [1.54, 1.807) is 24.3 Å². The molecular formula is C18H15F3N4O3S. The Labute approximate surface area is 164 Å². The quantitative estimate of drug-likeness (QED) is 0.620. The van der Waals surface area contributed by atoms with Gasteiger partial charge in [0.15, 0.2) is 15.7 Å². The molecule has 3 aromatic rings. The molecule has 0 saturated heterocycles. The topological polar surface area (TPSA) is 94.1 Å². The lowest BCUT2D eigenvalue weighted by molar-refractivity contribution is -0.0496. The van der Waals surface area contributed by atoms with E-state index in [2.05, 4.69) is 25.0 Å². The normalized spacial score (nSPS) is 11.5. The second kappa shape index (κ2) is 8.43. The van der Waals surface area contributed by atoms with E-state index in [4.69, 9.17) is 0 Å². The maximum atomic E-state index is 13.4. The van der Waals surface area contributed by atoms with Crippen LogP contribution in [0.1, 0.15) is 5.56 Å². The number of halogens is 3. The molecule has 2 aromatic carbocycles. The summed E-state index contributed by atoms with van der Waals surface area (Å²) in [7, 11) is -3.20. The molecule has 0 aliphatic rings. The van der Waals surface area contributed by atoms with Gasteiger partial charge >= 0.3 is 6.61 Å². The van der Waals surface area contributed by atoms with E-state index in [0.717, 1.165) is 24.7 Å². The molecule has 1 heterocycles. The summed E-state index contributed by atoms with van der Waals surface area (Å²) in [6, 6.07) is 9.73. The van der Waals surface area contributed by atoms with Crippen LogP contribution < -0.4 is 10.1 Å². The Morgan fingerprint density at radius 1 is 1.14 bits per heavy atom. The van der Waals surface area contributed by atoms with Crippen LogP contribution >= 0.6 is 0 Å². The van der Waals surface area contributed by atoms with E-state index in [9.17, 15) is 21.6 Å². The zero-order valence-electron chi connectivity index (χ0n) is 15.0. The Bertz CT molecular complexity index is 1130. The molecule has 0 amide bonds. The standard InChI is InChI=1S/C18H15F3N4O3S/c1-29(26,27)9-11-3-2-4-13(7-11)24-18-23-10-22-16(25-18)14-6-5-12(19)8-15(14)28-17(20)21/h2-8,10,17H,9H2,1H3,(H,22,23,24,25). The maximum absolute atomic E-state index is 13.4. The number of aromatic nitrogens is 3. The molecule has 11 heteroatoms. The first-order chi connectivity index (χ1) is 13.7. The van der Waals surface area contributed by atoms with Gasteiger partial charge in [0, 0.05) is 18.0 Å². The van der Waals surface area contributed by atoms with Crippen LogP contribution in [-0.4, -0.2) is 36.2 Å². The Kier molecular flexibility index (Phi) is 5.97. The highest BCUT2D eigenvalue weighted by Gasteiger charge is 2.15. The van der Waals surface area contributed by atoms with Crippen molar-refractivity contribution < 1.29 is 26.3 Å². The molecule has 1 N–H and O–H groups in total. The van der Waals surface area contributed by atoms with Gasteiger partial charge in [0.05, 0.1) is 11.3 Å². The minimum atomic E-state index is -3.20. The van der Waals surface area contributed by atoms with E-state index in [-0.39, 0.29) is 23.1 Å². The van der Waals surface area contributed by atoms with E-state index in [1.165, 1.54) is 6.07 Å². The van der Waals surface area contributed by atoms with Gasteiger partial charge in [-0.2, -0.15) is 13.8 Å². The fourth-order valence-corrected chi connectivity index (χ4v) is 3.32. The van der Waals surface area contributed by atoms with Crippen molar-refractivity contribution in [3.63, 3.8) is 0 Å². The summed E-state index contributed by atoms with van der Waals surface area (Å²) in [5.41, 5.74) is 1.15. The lowest BCUT2D eigenvalue weighted by Gasteiger charge is -2.11. The SMILES string of the molecule is CS(=O)(=O)Cc1cccc(Nc2ncnc(-c3ccc(F)cc3OC(F)F)n2)c1. The highest BCUT2D eigenvalue weighted by molar-refractivity contribution is 7.89. The first-order valence-corrected chi connectivity index (χ1v) is 10.2. The number of alkyl halides is 2. The molecule has 0 fully saturated rings. The van der Waals surface area contributed by atoms with Crippen molar-refractivity contribution in [2.75, 3.05) is 11.6 Å². The highest BCUT2D eigenvalue weighted by atomic mass is 32.2. The van der Waals surface area contributed by atoms with E-state index >= 15 is 0 Å². The van der Waals surface area contributed by atoms with Gasteiger partial charge in [-0.25, -0.2) is 22.8 Å². The number of sulfone groups is 1. The molecule has 0 atom stereocenters. The van der Waals surface area contributed by atoms with Gasteiger partial charge in [0.25, 0.3) is 0 Å². The average molecular weight is 424 g/mol. The van der Waals surface area contributed by atoms with E-state index in [1.807, 2.05) is 0 Å². The molecule has 0 bridgehead atoms. The lowest BCUT2D eigenvalue weighted by Crippen LogP contribution is -2.06. The van der Waals surface area contributed by atoms with Gasteiger partial charge < -0.3 is 10.1 Å². The zero-order chi connectivity index (χ0) is 21.0. The van der Waals surface area contributed by atoms with Crippen LogP contribution in [0.15, 0.2) is 48.8 Å². The van der Waals surface area contributed by atoms with Crippen molar-refractivity contribution in [3.8, 4) is 17.1 Å². The monoisotopic (exact) mass is 424 g/mol. The summed E-state index contributed by atoms with van der Waals surface area (Å²) in [5, 5.41) is 2.89. The molecular weight excluding hydrogens is 409 g/mol. The summed E-state index contributed by atoms with van der Waals surface area (Å²) in [5.74, 6) is -1.22. The van der Waals surface area contributed by atoms with Gasteiger partial charge in [-0.05, 0) is 29.8 Å². The third kappa shape index (κ3) is 5.88. The summed E-state index contributed by atoms with van der Waals surface area (Å²) in [6.45, 7) is -3.15. The predicted octanol–water partition coefficient (Wildman–Crippen LogP) is 3.57. The average Bonchev–Trinajstić information content (AvgIpc) is 2.60. The summed E-state index contributed by atoms with van der Waals surface area (Å²) < 4.78 is 65.9. The molecule has 0 saturated carbocycles. The smallest absolute Gasteiger partial charge is 0.387 e. The van der Waals surface area contributed by atoms with Crippen LogP contribution in [0.4, 0.5) is 24.8 Å². The van der Waals surface area contributed by atoms with Crippen LogP contribution in [0.2, 0.25) is 0 Å². The maximum Gasteiger partial charge on any atom is 0.387 e. The summed E-state index contributed by atoms with van der Waals surface area (Å²) >= 11 is 0. The van der Waals surface area contributed by atoms with Gasteiger partial charge in [-0.3, -0.25) is 0 Å². The fraction of sp³-hybridized carbons (Fsp3) is 0.167. The van der Waals surface area contributed by atoms with Crippen LogP contribution in [0.25, 0.3) is 11.4 Å². The largest absolute Gasteiger partial charge is 0.434 e. The first kappa shape index (κ1) is 20.5. The molecule has 7 nitrogen and oxygen atoms in total. The highest BCUT2D eigenvalue weighted by Crippen LogP contribution is 2.30. The third-order valence-electron chi connectivity index (χ3n) is 3.58. The van der Waals surface area contributed by atoms with Gasteiger partial charge in [-0.1, -0.05) is 12.1 Å². The number of hydrogen-bond acceptors (Lipinski definition) is 7. The Morgan fingerprint density at radius 3 is 2.66 bits per heavy atom. The Morgan fingerprint density at radius 2 is 1.93 bits per heavy atom. The van der Waals surface area contributed by atoms with E-state index < -0.39 is 28.0 Å². The first-order valence-electron chi connectivity index (χ1n) is 8.17. The minimum Gasteiger partial charge on any atom is -0.434 e. The van der Waals surface area contributed by atoms with Crippen molar-refractivity contribution >= 4 is 21.5 Å². The number of hydrogen-bond donors (Lipinski definition) is 1. The van der Waals surface area contributed by atoms with Crippen LogP contribution in [0.3, 0.4) is 0 Å². The second-order valence-electron chi connectivity index (χ2n) is 6.05. The number of rotatable bonds is 7. The lowest BCUT2D eigenvalue weighted by atomic mass is 10.2. The zero-order valence-corrected chi connectivity index (χ0v) is 15.8. The number of benzene rings is 2. The van der Waals surface area contributed by atoms with Crippen molar-refractivity contribution in [2.45, 2.75) is 12.4 Å². The molecule has 0 radical (unpaired) electrons. The number of nitrogens with zero attached hydrogens (tertiary/aromatic N) is 3. The second-order valence-corrected chi connectivity index (χ2v) is 8.19.